The van der Waals surface area contributed by atoms with Gasteiger partial charge in [0.2, 0.25) is 5.91 Å². The molecule has 0 spiro atoms. The van der Waals surface area contributed by atoms with Crippen molar-refractivity contribution in [1.29, 1.82) is 0 Å². The Hall–Kier alpha value is -2.14. The molecule has 2 atom stereocenters. The molecule has 2 fully saturated rings. The fourth-order valence-corrected chi connectivity index (χ4v) is 4.35. The van der Waals surface area contributed by atoms with Gasteiger partial charge in [0.25, 0.3) is 0 Å². The lowest BCUT2D eigenvalue weighted by Gasteiger charge is -2.47. The van der Waals surface area contributed by atoms with Crippen molar-refractivity contribution < 1.29 is 4.79 Å². The molecule has 1 aromatic heterocycles. The van der Waals surface area contributed by atoms with Crippen LogP contribution in [0.3, 0.4) is 0 Å². The maximum absolute atomic E-state index is 12.5. The zero-order valence-electron chi connectivity index (χ0n) is 14.6. The molecule has 0 saturated carbocycles. The SMILES string of the molecule is O=C1CC[C@H]2CN(Cc3ncc[nH]3)CC[C@H]2N1CCc1ccccc1. The van der Waals surface area contributed by atoms with Gasteiger partial charge in [-0.1, -0.05) is 30.3 Å². The summed E-state index contributed by atoms with van der Waals surface area (Å²) < 4.78 is 0. The van der Waals surface area contributed by atoms with Crippen LogP contribution in [0.4, 0.5) is 0 Å². The Morgan fingerprint density at radius 3 is 2.88 bits per heavy atom. The van der Waals surface area contributed by atoms with E-state index in [0.29, 0.717) is 24.3 Å². The molecule has 0 radical (unpaired) electrons. The first-order valence-electron chi connectivity index (χ1n) is 9.33. The molecule has 1 aromatic carbocycles. The lowest BCUT2D eigenvalue weighted by Crippen LogP contribution is -2.56. The lowest BCUT2D eigenvalue weighted by atomic mass is 9.83. The third-order valence-corrected chi connectivity index (χ3v) is 5.64. The molecular weight excluding hydrogens is 312 g/mol. The minimum Gasteiger partial charge on any atom is -0.348 e. The number of carbonyl (C=O) groups excluding carboxylic acids is 1. The molecule has 0 unspecified atom stereocenters. The molecule has 25 heavy (non-hydrogen) atoms. The maximum atomic E-state index is 12.5. The van der Waals surface area contributed by atoms with Crippen molar-refractivity contribution in [3.63, 3.8) is 0 Å². The Bertz CT molecular complexity index is 685. The van der Waals surface area contributed by atoms with Crippen molar-refractivity contribution in [2.45, 2.75) is 38.3 Å². The molecule has 3 heterocycles. The standard InChI is InChI=1S/C20H26N4O/c25-20-7-6-17-14-23(15-19-21-10-11-22-19)12-9-18(17)24(20)13-8-16-4-2-1-3-5-16/h1-5,10-11,17-18H,6-9,12-15H2,(H,21,22)/t17-,18+/m0/s1. The third-order valence-electron chi connectivity index (χ3n) is 5.64. The summed E-state index contributed by atoms with van der Waals surface area (Å²) in [7, 11) is 0. The number of aromatic nitrogens is 2. The minimum atomic E-state index is 0.344. The average Bonchev–Trinajstić information content (AvgIpc) is 3.15. The monoisotopic (exact) mass is 338 g/mol. The van der Waals surface area contributed by atoms with E-state index in [1.165, 1.54) is 5.56 Å². The molecule has 2 saturated heterocycles. The normalized spacial score (nSPS) is 24.3. The van der Waals surface area contributed by atoms with Gasteiger partial charge in [-0.3, -0.25) is 9.69 Å². The van der Waals surface area contributed by atoms with Gasteiger partial charge in [0.1, 0.15) is 5.82 Å². The van der Waals surface area contributed by atoms with Gasteiger partial charge in [0, 0.05) is 44.5 Å². The van der Waals surface area contributed by atoms with E-state index in [2.05, 4.69) is 44.0 Å². The number of piperidine rings is 2. The second kappa shape index (κ2) is 7.40. The summed E-state index contributed by atoms with van der Waals surface area (Å²) in [5.74, 6) is 1.97. The zero-order chi connectivity index (χ0) is 17.1. The van der Waals surface area contributed by atoms with E-state index in [-0.39, 0.29) is 0 Å². The first-order chi connectivity index (χ1) is 12.3. The number of amides is 1. The maximum Gasteiger partial charge on any atom is 0.222 e. The van der Waals surface area contributed by atoms with E-state index in [0.717, 1.165) is 51.3 Å². The second-order valence-electron chi connectivity index (χ2n) is 7.25. The molecule has 0 bridgehead atoms. The molecule has 5 nitrogen and oxygen atoms in total. The highest BCUT2D eigenvalue weighted by molar-refractivity contribution is 5.77. The number of imidazole rings is 1. The van der Waals surface area contributed by atoms with Crippen LogP contribution in [0.25, 0.3) is 0 Å². The van der Waals surface area contributed by atoms with Crippen LogP contribution >= 0.6 is 0 Å². The van der Waals surface area contributed by atoms with Crippen LogP contribution in [0.1, 0.15) is 30.7 Å². The highest BCUT2D eigenvalue weighted by atomic mass is 16.2. The van der Waals surface area contributed by atoms with Crippen LogP contribution in [0.15, 0.2) is 42.7 Å². The molecule has 0 aliphatic carbocycles. The van der Waals surface area contributed by atoms with Crippen molar-refractivity contribution in [2.75, 3.05) is 19.6 Å². The van der Waals surface area contributed by atoms with Gasteiger partial charge in [-0.05, 0) is 30.7 Å². The number of aromatic amines is 1. The van der Waals surface area contributed by atoms with E-state index in [9.17, 15) is 4.79 Å². The number of hydrogen-bond acceptors (Lipinski definition) is 3. The van der Waals surface area contributed by atoms with Crippen LogP contribution in [0.5, 0.6) is 0 Å². The van der Waals surface area contributed by atoms with E-state index in [1.54, 1.807) is 0 Å². The molecule has 5 heteroatoms. The summed E-state index contributed by atoms with van der Waals surface area (Å²) in [6.45, 7) is 3.84. The largest absolute Gasteiger partial charge is 0.348 e. The van der Waals surface area contributed by atoms with Crippen LogP contribution in [0, 0.1) is 5.92 Å². The van der Waals surface area contributed by atoms with Crippen molar-refractivity contribution in [2.24, 2.45) is 5.92 Å². The second-order valence-corrected chi connectivity index (χ2v) is 7.25. The lowest BCUT2D eigenvalue weighted by molar-refractivity contribution is -0.141. The summed E-state index contributed by atoms with van der Waals surface area (Å²) in [5, 5.41) is 0. The molecule has 4 rings (SSSR count). The summed E-state index contributed by atoms with van der Waals surface area (Å²) in [6.07, 6.45) is 7.45. The number of fused-ring (bicyclic) bond motifs is 1. The fraction of sp³-hybridized carbons (Fsp3) is 0.500. The van der Waals surface area contributed by atoms with Gasteiger partial charge >= 0.3 is 0 Å². The van der Waals surface area contributed by atoms with Gasteiger partial charge in [0.15, 0.2) is 0 Å². The third kappa shape index (κ3) is 3.76. The summed E-state index contributed by atoms with van der Waals surface area (Å²) >= 11 is 0. The molecule has 2 aromatic rings. The Kier molecular flexibility index (Phi) is 4.83. The Balaban J connectivity index is 1.37. The fourth-order valence-electron chi connectivity index (χ4n) is 4.35. The molecule has 1 N–H and O–H groups in total. The van der Waals surface area contributed by atoms with Crippen molar-refractivity contribution >= 4 is 5.91 Å². The number of H-pyrrole nitrogens is 1. The van der Waals surface area contributed by atoms with Crippen LogP contribution < -0.4 is 0 Å². The number of carbonyl (C=O) groups is 1. The van der Waals surface area contributed by atoms with Crippen molar-refractivity contribution in [1.82, 2.24) is 19.8 Å². The number of rotatable bonds is 5. The predicted octanol–water partition coefficient (Wildman–Crippen LogP) is 2.47. The van der Waals surface area contributed by atoms with Crippen LogP contribution in [-0.2, 0) is 17.8 Å². The van der Waals surface area contributed by atoms with Crippen molar-refractivity contribution in [3.05, 3.63) is 54.1 Å². The summed E-state index contributed by atoms with van der Waals surface area (Å²) in [5.41, 5.74) is 1.31. The first kappa shape index (κ1) is 16.3. The highest BCUT2D eigenvalue weighted by Crippen LogP contribution is 2.31. The van der Waals surface area contributed by atoms with Gasteiger partial charge in [-0.15, -0.1) is 0 Å². The highest BCUT2D eigenvalue weighted by Gasteiger charge is 2.38. The average molecular weight is 338 g/mol. The minimum absolute atomic E-state index is 0.344. The molecule has 1 amide bonds. The quantitative estimate of drug-likeness (QED) is 0.911. The summed E-state index contributed by atoms with van der Waals surface area (Å²) in [6, 6.07) is 10.9. The molecule has 132 valence electrons. The molecule has 2 aliphatic heterocycles. The first-order valence-corrected chi connectivity index (χ1v) is 9.33. The predicted molar refractivity (Wildman–Crippen MR) is 96.9 cm³/mol. The topological polar surface area (TPSA) is 52.2 Å². The Morgan fingerprint density at radius 1 is 1.20 bits per heavy atom. The van der Waals surface area contributed by atoms with Crippen LogP contribution in [-0.4, -0.2) is 51.4 Å². The molecule has 2 aliphatic rings. The van der Waals surface area contributed by atoms with Gasteiger partial charge < -0.3 is 9.88 Å². The zero-order valence-corrected chi connectivity index (χ0v) is 14.6. The van der Waals surface area contributed by atoms with Gasteiger partial charge in [0.05, 0.1) is 6.54 Å². The van der Waals surface area contributed by atoms with E-state index < -0.39 is 0 Å². The van der Waals surface area contributed by atoms with Crippen LogP contribution in [0.2, 0.25) is 0 Å². The van der Waals surface area contributed by atoms with Gasteiger partial charge in [-0.25, -0.2) is 4.98 Å². The Morgan fingerprint density at radius 2 is 2.08 bits per heavy atom. The number of benzene rings is 1. The number of nitrogens with zero attached hydrogens (tertiary/aromatic N) is 3. The van der Waals surface area contributed by atoms with Gasteiger partial charge in [-0.2, -0.15) is 0 Å². The number of hydrogen-bond donors (Lipinski definition) is 1. The van der Waals surface area contributed by atoms with E-state index in [4.69, 9.17) is 0 Å². The Labute approximate surface area is 149 Å². The van der Waals surface area contributed by atoms with E-state index >= 15 is 0 Å². The molecular formula is C20H26N4O. The smallest absolute Gasteiger partial charge is 0.222 e. The van der Waals surface area contributed by atoms with E-state index in [1.807, 2.05) is 18.5 Å². The number of likely N-dealkylation sites (tertiary alicyclic amines) is 2. The summed E-state index contributed by atoms with van der Waals surface area (Å²) in [4.78, 5) is 24.7. The van der Waals surface area contributed by atoms with Crippen molar-refractivity contribution in [3.8, 4) is 0 Å². The number of nitrogens with one attached hydrogen (secondary N) is 1.